The topological polar surface area (TPSA) is 99.2 Å². The highest BCUT2D eigenvalue weighted by Gasteiger charge is 2.08. The number of rotatable bonds is 4. The van der Waals surface area contributed by atoms with Crippen LogP contribution >= 0.6 is 12.6 Å². The second-order valence-electron chi connectivity index (χ2n) is 3.29. The van der Waals surface area contributed by atoms with Crippen molar-refractivity contribution in [2.45, 2.75) is 6.92 Å². The van der Waals surface area contributed by atoms with Gasteiger partial charge in [-0.2, -0.15) is 17.6 Å². The molecule has 6 nitrogen and oxygen atoms in total. The molecule has 0 aliphatic rings. The maximum atomic E-state index is 11.0. The summed E-state index contributed by atoms with van der Waals surface area (Å²) in [6, 6.07) is 5.60. The van der Waals surface area contributed by atoms with Crippen LogP contribution in [0.5, 0.6) is 11.8 Å². The number of nitrogens with one attached hydrogen (secondary N) is 1. The van der Waals surface area contributed by atoms with E-state index >= 15 is 0 Å². The molecule has 0 spiro atoms. The molecule has 2 aromatic rings. The quantitative estimate of drug-likeness (QED) is 0.582. The second-order valence-corrected chi connectivity index (χ2v) is 3.60. The number of carbonyl (C=O) groups is 1. The molecule has 0 atom stereocenters. The Morgan fingerprint density at radius 2 is 2.28 bits per heavy atom. The van der Waals surface area contributed by atoms with E-state index in [2.05, 4.69) is 22.6 Å². The summed E-state index contributed by atoms with van der Waals surface area (Å²) in [6.07, 6.45) is 0. The van der Waals surface area contributed by atoms with Gasteiger partial charge in [-0.1, -0.05) is 0 Å². The number of aromatic amines is 1. The normalized spacial score (nSPS) is 9.89. The molecule has 0 radical (unpaired) electrons. The molecule has 0 saturated heterocycles. The van der Waals surface area contributed by atoms with Crippen molar-refractivity contribution in [1.82, 2.24) is 16.1 Å². The summed E-state index contributed by atoms with van der Waals surface area (Å²) in [6.45, 7) is 2.51. The van der Waals surface area contributed by atoms with Crippen LogP contribution in [0.25, 0.3) is 11.0 Å². The smallest absolute Gasteiger partial charge is 0.323 e. The summed E-state index contributed by atoms with van der Waals surface area (Å²) in [5.74, 6) is 0.314. The number of fused-ring (bicyclic) bond motifs is 1. The fourth-order valence-corrected chi connectivity index (χ4v) is 1.47. The molecule has 0 aliphatic heterocycles. The number of aromatic nitrogens is 2. The van der Waals surface area contributed by atoms with E-state index in [-0.39, 0.29) is 17.9 Å². The molecule has 0 bridgehead atoms. The number of esters is 1. The number of nitrogens with zero attached hydrogens (tertiary/aromatic N) is 1. The summed E-state index contributed by atoms with van der Waals surface area (Å²) in [5, 5.41) is 0. The molecule has 0 saturated carbocycles. The number of imidazole rings is 1. The molecule has 98 valence electrons. The Labute approximate surface area is 110 Å². The van der Waals surface area contributed by atoms with Crippen LogP contribution in [0, 0.1) is 0 Å². The van der Waals surface area contributed by atoms with E-state index < -0.39 is 5.97 Å². The fourth-order valence-electron chi connectivity index (χ4n) is 1.41. The molecule has 7 heteroatoms. The van der Waals surface area contributed by atoms with Gasteiger partial charge < -0.3 is 20.6 Å². The van der Waals surface area contributed by atoms with Gasteiger partial charge >= 0.3 is 12.0 Å². The molecule has 1 aromatic heterocycles. The standard InChI is InChI=1S/C11H12N2O3S.H3N/c1-2-15-7-3-4-8-9(5-7)13-11(12-8)16-10(14)6-17;/h3-5,17H,2,6H2,1H3,(H,12,13);1H3. The number of hydrogen-bond acceptors (Lipinski definition) is 6. The van der Waals surface area contributed by atoms with E-state index in [1.807, 2.05) is 19.1 Å². The van der Waals surface area contributed by atoms with Crippen LogP contribution in [0.1, 0.15) is 6.92 Å². The lowest BCUT2D eigenvalue weighted by Crippen LogP contribution is -2.09. The van der Waals surface area contributed by atoms with Crippen molar-refractivity contribution >= 4 is 29.6 Å². The number of ether oxygens (including phenoxy) is 2. The van der Waals surface area contributed by atoms with Crippen LogP contribution in [0.2, 0.25) is 0 Å². The lowest BCUT2D eigenvalue weighted by atomic mass is 10.3. The molecular weight excluding hydrogens is 254 g/mol. The van der Waals surface area contributed by atoms with Gasteiger partial charge in [0.05, 0.1) is 23.4 Å². The van der Waals surface area contributed by atoms with Crippen LogP contribution in [-0.2, 0) is 4.79 Å². The maximum absolute atomic E-state index is 11.0. The molecular formula is C11H15N3O3S. The number of carbonyl (C=O) groups excluding carboxylic acids is 1. The second kappa shape index (κ2) is 6.27. The third-order valence-corrected chi connectivity index (χ3v) is 2.34. The Balaban J connectivity index is 0.00000162. The number of benzene rings is 1. The number of hydrogen-bond donors (Lipinski definition) is 3. The Morgan fingerprint density at radius 1 is 1.50 bits per heavy atom. The van der Waals surface area contributed by atoms with Gasteiger partial charge in [-0.25, -0.2) is 0 Å². The minimum atomic E-state index is -0.447. The third kappa shape index (κ3) is 3.14. The summed E-state index contributed by atoms with van der Waals surface area (Å²) in [4.78, 5) is 18.0. The van der Waals surface area contributed by atoms with Gasteiger partial charge in [0, 0.05) is 6.07 Å². The predicted molar refractivity (Wildman–Crippen MR) is 71.8 cm³/mol. The van der Waals surface area contributed by atoms with E-state index in [0.29, 0.717) is 6.61 Å². The van der Waals surface area contributed by atoms with Crippen molar-refractivity contribution in [1.29, 1.82) is 0 Å². The minimum absolute atomic E-state index is 0. The van der Waals surface area contributed by atoms with Crippen molar-refractivity contribution in [3.8, 4) is 11.8 Å². The van der Waals surface area contributed by atoms with Gasteiger partial charge in [0.25, 0.3) is 0 Å². The zero-order valence-corrected chi connectivity index (χ0v) is 10.9. The van der Waals surface area contributed by atoms with Crippen molar-refractivity contribution in [2.75, 3.05) is 12.4 Å². The van der Waals surface area contributed by atoms with Crippen LogP contribution < -0.4 is 15.6 Å². The third-order valence-electron chi connectivity index (χ3n) is 2.08. The zero-order valence-electron chi connectivity index (χ0n) is 9.97. The zero-order chi connectivity index (χ0) is 12.3. The average molecular weight is 269 g/mol. The van der Waals surface area contributed by atoms with Gasteiger partial charge in [-0.3, -0.25) is 4.79 Å². The van der Waals surface area contributed by atoms with Crippen LogP contribution in [0.4, 0.5) is 0 Å². The fraction of sp³-hybridized carbons (Fsp3) is 0.273. The molecule has 0 fully saturated rings. The molecule has 1 heterocycles. The van der Waals surface area contributed by atoms with Crippen LogP contribution in [-0.4, -0.2) is 28.3 Å². The Kier molecular flexibility index (Phi) is 4.99. The van der Waals surface area contributed by atoms with Gasteiger partial charge in [-0.05, 0) is 19.1 Å². The van der Waals surface area contributed by atoms with Crippen molar-refractivity contribution in [3.63, 3.8) is 0 Å². The van der Waals surface area contributed by atoms with Crippen LogP contribution in [0.15, 0.2) is 18.2 Å². The van der Waals surface area contributed by atoms with Gasteiger partial charge in [-0.15, -0.1) is 0 Å². The van der Waals surface area contributed by atoms with Crippen molar-refractivity contribution in [3.05, 3.63) is 18.2 Å². The van der Waals surface area contributed by atoms with Gasteiger partial charge in [0.15, 0.2) is 0 Å². The number of thiol groups is 1. The van der Waals surface area contributed by atoms with E-state index in [1.165, 1.54) is 0 Å². The Hall–Kier alpha value is -1.73. The first kappa shape index (κ1) is 14.3. The molecule has 4 N–H and O–H groups in total. The molecule has 18 heavy (non-hydrogen) atoms. The molecule has 0 aliphatic carbocycles. The predicted octanol–water partition coefficient (Wildman–Crippen LogP) is 1.96. The summed E-state index contributed by atoms with van der Waals surface area (Å²) < 4.78 is 10.3. The van der Waals surface area contributed by atoms with E-state index in [0.717, 1.165) is 16.8 Å². The highest BCUT2D eigenvalue weighted by Crippen LogP contribution is 2.21. The first-order valence-corrected chi connectivity index (χ1v) is 5.80. The Bertz CT molecular complexity index is 541. The highest BCUT2D eigenvalue weighted by molar-refractivity contribution is 7.81. The first-order valence-electron chi connectivity index (χ1n) is 5.17. The van der Waals surface area contributed by atoms with Crippen molar-refractivity contribution in [2.24, 2.45) is 0 Å². The molecule has 1 aromatic carbocycles. The number of H-pyrrole nitrogens is 1. The highest BCUT2D eigenvalue weighted by atomic mass is 32.1. The van der Waals surface area contributed by atoms with Gasteiger partial charge in [0.1, 0.15) is 5.75 Å². The minimum Gasteiger partial charge on any atom is -0.494 e. The molecule has 0 unspecified atom stereocenters. The summed E-state index contributed by atoms with van der Waals surface area (Å²) >= 11 is 3.82. The lowest BCUT2D eigenvalue weighted by molar-refractivity contribution is -0.131. The maximum Gasteiger partial charge on any atom is 0.323 e. The average Bonchev–Trinajstić information content (AvgIpc) is 2.70. The van der Waals surface area contributed by atoms with Crippen molar-refractivity contribution < 1.29 is 14.3 Å². The van der Waals surface area contributed by atoms with E-state index in [9.17, 15) is 4.79 Å². The SMILES string of the molecule is CCOc1ccc2nc(OC(=O)CS)[nH]c2c1.N. The molecule has 2 rings (SSSR count). The van der Waals surface area contributed by atoms with Gasteiger partial charge in [0.2, 0.25) is 0 Å². The summed E-state index contributed by atoms with van der Waals surface area (Å²) in [7, 11) is 0. The Morgan fingerprint density at radius 3 is 2.94 bits per heavy atom. The lowest BCUT2D eigenvalue weighted by Gasteiger charge is -2.00. The van der Waals surface area contributed by atoms with E-state index in [4.69, 9.17) is 9.47 Å². The molecule has 0 amide bonds. The van der Waals surface area contributed by atoms with E-state index in [1.54, 1.807) is 6.07 Å². The first-order chi connectivity index (χ1) is 8.22. The largest absolute Gasteiger partial charge is 0.494 e. The summed E-state index contributed by atoms with van der Waals surface area (Å²) in [5.41, 5.74) is 1.48. The van der Waals surface area contributed by atoms with Crippen LogP contribution in [0.3, 0.4) is 0 Å². The monoisotopic (exact) mass is 269 g/mol.